The minimum atomic E-state index is -0.267. The molecule has 0 bridgehead atoms. The first kappa shape index (κ1) is 20.1. The number of anilines is 2. The van der Waals surface area contributed by atoms with Crippen molar-refractivity contribution in [1.82, 2.24) is 14.9 Å². The van der Waals surface area contributed by atoms with Gasteiger partial charge in [-0.15, -0.1) is 0 Å². The molecule has 1 N–H and O–H groups in total. The molecule has 0 fully saturated rings. The van der Waals surface area contributed by atoms with Gasteiger partial charge in [-0.05, 0) is 48.9 Å². The average Bonchev–Trinajstić information content (AvgIpc) is 2.76. The lowest BCUT2D eigenvalue weighted by Gasteiger charge is -2.28. The third-order valence-corrected chi connectivity index (χ3v) is 5.05. The molecule has 3 aromatic rings. The van der Waals surface area contributed by atoms with Gasteiger partial charge >= 0.3 is 0 Å². The van der Waals surface area contributed by atoms with Crippen LogP contribution in [-0.2, 0) is 19.5 Å². The molecule has 1 aliphatic heterocycles. The molecule has 1 aliphatic rings. The van der Waals surface area contributed by atoms with Crippen molar-refractivity contribution in [1.29, 1.82) is 0 Å². The molecule has 0 saturated carbocycles. The summed E-state index contributed by atoms with van der Waals surface area (Å²) in [6, 6.07) is 12.2. The predicted molar refractivity (Wildman–Crippen MR) is 114 cm³/mol. The van der Waals surface area contributed by atoms with Gasteiger partial charge in [0.1, 0.15) is 5.82 Å². The Morgan fingerprint density at radius 3 is 2.73 bits per heavy atom. The van der Waals surface area contributed by atoms with Crippen molar-refractivity contribution in [2.45, 2.75) is 26.4 Å². The summed E-state index contributed by atoms with van der Waals surface area (Å²) in [7, 11) is 1.66. The zero-order valence-corrected chi connectivity index (χ0v) is 17.2. The summed E-state index contributed by atoms with van der Waals surface area (Å²) in [6.07, 6.45) is 2.73. The van der Waals surface area contributed by atoms with Crippen LogP contribution >= 0.6 is 0 Å². The Morgan fingerprint density at radius 2 is 1.97 bits per heavy atom. The summed E-state index contributed by atoms with van der Waals surface area (Å²) in [6.45, 7) is 5.09. The summed E-state index contributed by atoms with van der Waals surface area (Å²) in [5.41, 5.74) is 4.12. The number of hydrogen-bond acceptors (Lipinski definition) is 6. The second-order valence-electron chi connectivity index (χ2n) is 7.18. The Labute approximate surface area is 175 Å². The van der Waals surface area contributed by atoms with Gasteiger partial charge in [0, 0.05) is 43.5 Å². The molecule has 0 saturated heterocycles. The summed E-state index contributed by atoms with van der Waals surface area (Å²) < 4.78 is 24.1. The van der Waals surface area contributed by atoms with E-state index in [1.54, 1.807) is 19.2 Å². The fourth-order valence-corrected chi connectivity index (χ4v) is 3.58. The number of methoxy groups -OCH3 is 1. The molecule has 4 rings (SSSR count). The molecular weight excluding hydrogens is 383 g/mol. The van der Waals surface area contributed by atoms with Crippen LogP contribution in [0.2, 0.25) is 0 Å². The maximum Gasteiger partial charge on any atom is 0.227 e. The Balaban J connectivity index is 1.42. The quantitative estimate of drug-likeness (QED) is 0.628. The maximum atomic E-state index is 13.1. The largest absolute Gasteiger partial charge is 0.493 e. The number of benzene rings is 2. The Bertz CT molecular complexity index is 1010. The van der Waals surface area contributed by atoms with Crippen LogP contribution in [0.5, 0.6) is 11.5 Å². The van der Waals surface area contributed by atoms with Gasteiger partial charge in [-0.25, -0.2) is 14.4 Å². The highest BCUT2D eigenvalue weighted by molar-refractivity contribution is 5.53. The van der Waals surface area contributed by atoms with E-state index in [0.29, 0.717) is 12.6 Å². The van der Waals surface area contributed by atoms with Crippen molar-refractivity contribution in [3.8, 4) is 11.5 Å². The van der Waals surface area contributed by atoms with Crippen molar-refractivity contribution < 1.29 is 13.9 Å². The zero-order valence-electron chi connectivity index (χ0n) is 17.2. The SMILES string of the molecule is CCOc1ccc(CN2CCc3nc(Nc4ccc(F)cc4)ncc3C2)cc1OC. The number of nitrogens with zero attached hydrogens (tertiary/aromatic N) is 3. The summed E-state index contributed by atoms with van der Waals surface area (Å²) >= 11 is 0. The third-order valence-electron chi connectivity index (χ3n) is 5.05. The minimum Gasteiger partial charge on any atom is -0.493 e. The van der Waals surface area contributed by atoms with Gasteiger partial charge in [0.05, 0.1) is 19.4 Å². The van der Waals surface area contributed by atoms with E-state index in [1.165, 1.54) is 17.7 Å². The molecule has 0 unspecified atom stereocenters. The van der Waals surface area contributed by atoms with Crippen molar-refractivity contribution in [2.75, 3.05) is 25.6 Å². The lowest BCUT2D eigenvalue weighted by Crippen LogP contribution is -2.31. The van der Waals surface area contributed by atoms with Gasteiger partial charge < -0.3 is 14.8 Å². The number of nitrogens with one attached hydrogen (secondary N) is 1. The average molecular weight is 408 g/mol. The van der Waals surface area contributed by atoms with Crippen molar-refractivity contribution in [3.63, 3.8) is 0 Å². The predicted octanol–water partition coefficient (Wildman–Crippen LogP) is 4.32. The van der Waals surface area contributed by atoms with Crippen LogP contribution in [0.15, 0.2) is 48.7 Å². The third kappa shape index (κ3) is 4.68. The molecule has 6 nitrogen and oxygen atoms in total. The van der Waals surface area contributed by atoms with Crippen LogP contribution < -0.4 is 14.8 Å². The molecular formula is C23H25FN4O2. The fraction of sp³-hybridized carbons (Fsp3) is 0.304. The summed E-state index contributed by atoms with van der Waals surface area (Å²) in [4.78, 5) is 11.5. The monoisotopic (exact) mass is 408 g/mol. The second-order valence-corrected chi connectivity index (χ2v) is 7.18. The number of halogens is 1. The number of ether oxygens (including phenoxy) is 2. The lowest BCUT2D eigenvalue weighted by molar-refractivity contribution is 0.242. The van der Waals surface area contributed by atoms with Crippen LogP contribution in [-0.4, -0.2) is 35.1 Å². The van der Waals surface area contributed by atoms with E-state index in [-0.39, 0.29) is 5.82 Å². The van der Waals surface area contributed by atoms with Gasteiger partial charge in [-0.3, -0.25) is 4.90 Å². The van der Waals surface area contributed by atoms with Gasteiger partial charge in [0.25, 0.3) is 0 Å². The van der Waals surface area contributed by atoms with Crippen molar-refractivity contribution in [3.05, 3.63) is 71.3 Å². The highest BCUT2D eigenvalue weighted by Crippen LogP contribution is 2.29. The van der Waals surface area contributed by atoms with E-state index in [1.807, 2.05) is 25.3 Å². The van der Waals surface area contributed by atoms with E-state index in [2.05, 4.69) is 26.3 Å². The van der Waals surface area contributed by atoms with Gasteiger partial charge in [-0.2, -0.15) is 0 Å². The number of rotatable bonds is 7. The van der Waals surface area contributed by atoms with Crippen LogP contribution in [0.3, 0.4) is 0 Å². The lowest BCUT2D eigenvalue weighted by atomic mass is 10.1. The molecule has 7 heteroatoms. The van der Waals surface area contributed by atoms with Crippen LogP contribution in [0.25, 0.3) is 0 Å². The van der Waals surface area contributed by atoms with Crippen LogP contribution in [0.1, 0.15) is 23.7 Å². The minimum absolute atomic E-state index is 0.267. The van der Waals surface area contributed by atoms with E-state index >= 15 is 0 Å². The molecule has 2 heterocycles. The van der Waals surface area contributed by atoms with Crippen LogP contribution in [0.4, 0.5) is 16.0 Å². The number of fused-ring (bicyclic) bond motifs is 1. The van der Waals surface area contributed by atoms with Crippen LogP contribution in [0, 0.1) is 5.82 Å². The van der Waals surface area contributed by atoms with Gasteiger partial charge in [0.15, 0.2) is 11.5 Å². The molecule has 0 radical (unpaired) electrons. The molecule has 0 amide bonds. The summed E-state index contributed by atoms with van der Waals surface area (Å²) in [5.74, 6) is 1.79. The first-order valence-electron chi connectivity index (χ1n) is 10.0. The molecule has 0 atom stereocenters. The van der Waals surface area contributed by atoms with E-state index in [0.717, 1.165) is 54.5 Å². The first-order valence-corrected chi connectivity index (χ1v) is 10.0. The van der Waals surface area contributed by atoms with E-state index < -0.39 is 0 Å². The standard InChI is InChI=1S/C23H25FN4O2/c1-3-30-21-9-4-16(12-22(21)29-2)14-28-11-10-20-17(15-28)13-25-23(27-20)26-19-7-5-18(24)6-8-19/h4-9,12-13H,3,10-11,14-15H2,1-2H3,(H,25,26,27). The molecule has 30 heavy (non-hydrogen) atoms. The first-order chi connectivity index (χ1) is 14.6. The highest BCUT2D eigenvalue weighted by atomic mass is 19.1. The molecule has 156 valence electrons. The Kier molecular flexibility index (Phi) is 6.09. The topological polar surface area (TPSA) is 59.5 Å². The van der Waals surface area contributed by atoms with Gasteiger partial charge in [0.2, 0.25) is 5.95 Å². The van der Waals surface area contributed by atoms with E-state index in [4.69, 9.17) is 9.47 Å². The normalized spacial score (nSPS) is 13.6. The summed E-state index contributed by atoms with van der Waals surface area (Å²) in [5, 5.41) is 3.13. The molecule has 0 aliphatic carbocycles. The molecule has 1 aromatic heterocycles. The number of aromatic nitrogens is 2. The van der Waals surface area contributed by atoms with Crippen molar-refractivity contribution >= 4 is 11.6 Å². The fourth-order valence-electron chi connectivity index (χ4n) is 3.58. The molecule has 2 aromatic carbocycles. The second kappa shape index (κ2) is 9.09. The molecule has 0 spiro atoms. The van der Waals surface area contributed by atoms with E-state index in [9.17, 15) is 4.39 Å². The zero-order chi connectivity index (χ0) is 20.9. The van der Waals surface area contributed by atoms with Gasteiger partial charge in [-0.1, -0.05) is 6.07 Å². The van der Waals surface area contributed by atoms with Crippen molar-refractivity contribution in [2.24, 2.45) is 0 Å². The Hall–Kier alpha value is -3.19. The highest BCUT2D eigenvalue weighted by Gasteiger charge is 2.19. The Morgan fingerprint density at radius 1 is 1.13 bits per heavy atom. The maximum absolute atomic E-state index is 13.1. The number of hydrogen-bond donors (Lipinski definition) is 1. The smallest absolute Gasteiger partial charge is 0.227 e.